The number of anilines is 1. The van der Waals surface area contributed by atoms with Crippen molar-refractivity contribution in [2.45, 2.75) is 18.9 Å². The number of amides is 1. The van der Waals surface area contributed by atoms with Crippen LogP contribution in [0.1, 0.15) is 40.7 Å². The van der Waals surface area contributed by atoms with Crippen LogP contribution in [-0.2, 0) is 0 Å². The van der Waals surface area contributed by atoms with Crippen LogP contribution in [0.15, 0.2) is 63.5 Å². The highest BCUT2D eigenvalue weighted by Crippen LogP contribution is 2.26. The average Bonchev–Trinajstić information content (AvgIpc) is 3.38. The molecule has 1 aliphatic heterocycles. The van der Waals surface area contributed by atoms with Gasteiger partial charge in [0.05, 0.1) is 0 Å². The van der Waals surface area contributed by atoms with Crippen molar-refractivity contribution in [1.82, 2.24) is 15.5 Å². The summed E-state index contributed by atoms with van der Waals surface area (Å²) in [5.74, 6) is 0.178. The molecule has 7 heteroatoms. The summed E-state index contributed by atoms with van der Waals surface area (Å²) >= 11 is 3.40. The lowest BCUT2D eigenvalue weighted by molar-refractivity contribution is 0.0938. The van der Waals surface area contributed by atoms with Gasteiger partial charge in [-0.3, -0.25) is 4.79 Å². The minimum absolute atomic E-state index is 0.203. The minimum Gasteiger partial charge on any atom is -0.405 e. The number of hydrogen-bond donors (Lipinski definition) is 1. The molecule has 0 unspecified atom stereocenters. The van der Waals surface area contributed by atoms with Gasteiger partial charge in [0.1, 0.15) is 6.04 Å². The summed E-state index contributed by atoms with van der Waals surface area (Å²) in [5.41, 5.74) is 1.45. The molecule has 1 aromatic heterocycles. The van der Waals surface area contributed by atoms with Gasteiger partial charge in [0.25, 0.3) is 5.91 Å². The number of rotatable bonds is 5. The lowest BCUT2D eigenvalue weighted by Gasteiger charge is -2.16. The standard InChI is InChI=1S/C20H19BrN4O2/c21-16-10-6-9-15(13-16)18(26)22-17(14-7-2-1-3-8-14)19-23-24-20(27-19)25-11-4-5-12-25/h1-3,6-10,13,17H,4-5,11-12H2,(H,22,26)/t17-/m1/s1. The summed E-state index contributed by atoms with van der Waals surface area (Å²) in [6.45, 7) is 1.84. The molecule has 0 radical (unpaired) electrons. The Balaban J connectivity index is 1.62. The monoisotopic (exact) mass is 426 g/mol. The molecule has 0 aliphatic carbocycles. The second-order valence-corrected chi connectivity index (χ2v) is 7.36. The number of aromatic nitrogens is 2. The molecule has 0 saturated carbocycles. The fourth-order valence-electron chi connectivity index (χ4n) is 3.16. The van der Waals surface area contributed by atoms with Crippen molar-refractivity contribution in [2.24, 2.45) is 0 Å². The summed E-state index contributed by atoms with van der Waals surface area (Å²) in [4.78, 5) is 14.9. The van der Waals surface area contributed by atoms with Crippen LogP contribution in [0.5, 0.6) is 0 Å². The van der Waals surface area contributed by atoms with E-state index in [0.29, 0.717) is 17.5 Å². The van der Waals surface area contributed by atoms with E-state index in [0.717, 1.165) is 36.0 Å². The van der Waals surface area contributed by atoms with Gasteiger partial charge in [-0.15, -0.1) is 5.10 Å². The molecule has 0 spiro atoms. The second kappa shape index (κ2) is 7.92. The van der Waals surface area contributed by atoms with Crippen LogP contribution in [0.2, 0.25) is 0 Å². The normalized spacial score (nSPS) is 14.9. The van der Waals surface area contributed by atoms with Crippen molar-refractivity contribution in [3.8, 4) is 0 Å². The molecule has 1 atom stereocenters. The molecular weight excluding hydrogens is 408 g/mol. The van der Waals surface area contributed by atoms with E-state index in [1.807, 2.05) is 42.5 Å². The van der Waals surface area contributed by atoms with Gasteiger partial charge in [-0.2, -0.15) is 0 Å². The van der Waals surface area contributed by atoms with Crippen molar-refractivity contribution < 1.29 is 9.21 Å². The Bertz CT molecular complexity index is 922. The number of hydrogen-bond acceptors (Lipinski definition) is 5. The van der Waals surface area contributed by atoms with E-state index < -0.39 is 6.04 Å². The average molecular weight is 427 g/mol. The number of carbonyl (C=O) groups is 1. The third-order valence-electron chi connectivity index (χ3n) is 4.55. The van der Waals surface area contributed by atoms with Gasteiger partial charge in [0.2, 0.25) is 5.89 Å². The maximum Gasteiger partial charge on any atom is 0.318 e. The quantitative estimate of drug-likeness (QED) is 0.668. The second-order valence-electron chi connectivity index (χ2n) is 6.44. The third kappa shape index (κ3) is 4.03. The Morgan fingerprint density at radius 2 is 1.85 bits per heavy atom. The molecular formula is C20H19BrN4O2. The third-order valence-corrected chi connectivity index (χ3v) is 5.04. The molecule has 2 heterocycles. The maximum atomic E-state index is 12.8. The molecule has 1 saturated heterocycles. The number of carbonyl (C=O) groups excluding carboxylic acids is 1. The molecule has 0 bridgehead atoms. The van der Waals surface area contributed by atoms with Crippen LogP contribution >= 0.6 is 15.9 Å². The lowest BCUT2D eigenvalue weighted by Crippen LogP contribution is -2.29. The predicted octanol–water partition coefficient (Wildman–Crippen LogP) is 3.95. The molecule has 1 amide bonds. The fraction of sp³-hybridized carbons (Fsp3) is 0.250. The minimum atomic E-state index is -0.512. The number of halogens is 1. The van der Waals surface area contributed by atoms with E-state index >= 15 is 0 Å². The van der Waals surface area contributed by atoms with Crippen LogP contribution in [0.25, 0.3) is 0 Å². The van der Waals surface area contributed by atoms with E-state index in [9.17, 15) is 4.79 Å². The van der Waals surface area contributed by atoms with Crippen LogP contribution in [0.3, 0.4) is 0 Å². The van der Waals surface area contributed by atoms with Gasteiger partial charge < -0.3 is 14.6 Å². The van der Waals surface area contributed by atoms with E-state index in [1.165, 1.54) is 0 Å². The first-order valence-electron chi connectivity index (χ1n) is 8.90. The molecule has 1 N–H and O–H groups in total. The Morgan fingerprint density at radius 3 is 2.59 bits per heavy atom. The zero-order valence-corrected chi connectivity index (χ0v) is 16.2. The van der Waals surface area contributed by atoms with E-state index in [-0.39, 0.29) is 5.91 Å². The van der Waals surface area contributed by atoms with E-state index in [2.05, 4.69) is 36.3 Å². The zero-order chi connectivity index (χ0) is 18.6. The maximum absolute atomic E-state index is 12.8. The first kappa shape index (κ1) is 17.7. The predicted molar refractivity (Wildman–Crippen MR) is 106 cm³/mol. The topological polar surface area (TPSA) is 71.3 Å². The number of benzene rings is 2. The summed E-state index contributed by atoms with van der Waals surface area (Å²) in [7, 11) is 0. The summed E-state index contributed by atoms with van der Waals surface area (Å²) < 4.78 is 6.77. The van der Waals surface area contributed by atoms with E-state index in [4.69, 9.17) is 4.42 Å². The molecule has 1 aliphatic rings. The smallest absolute Gasteiger partial charge is 0.318 e. The zero-order valence-electron chi connectivity index (χ0n) is 14.6. The summed E-state index contributed by atoms with van der Waals surface area (Å²) in [6, 6.07) is 16.9. The first-order valence-corrected chi connectivity index (χ1v) is 9.70. The number of nitrogens with one attached hydrogen (secondary N) is 1. The SMILES string of the molecule is O=C(N[C@H](c1ccccc1)c1nnc(N2CCCC2)o1)c1cccc(Br)c1. The van der Waals surface area contributed by atoms with Crippen molar-refractivity contribution in [2.75, 3.05) is 18.0 Å². The molecule has 138 valence electrons. The van der Waals surface area contributed by atoms with Crippen LogP contribution in [0, 0.1) is 0 Å². The Morgan fingerprint density at radius 1 is 1.07 bits per heavy atom. The Kier molecular flexibility index (Phi) is 5.20. The van der Waals surface area contributed by atoms with Crippen molar-refractivity contribution in [1.29, 1.82) is 0 Å². The van der Waals surface area contributed by atoms with Gasteiger partial charge in [0, 0.05) is 23.1 Å². The van der Waals surface area contributed by atoms with Crippen LogP contribution in [0.4, 0.5) is 6.01 Å². The first-order chi connectivity index (χ1) is 13.2. The molecule has 3 aromatic rings. The largest absolute Gasteiger partial charge is 0.405 e. The van der Waals surface area contributed by atoms with E-state index in [1.54, 1.807) is 12.1 Å². The highest BCUT2D eigenvalue weighted by Gasteiger charge is 2.26. The van der Waals surface area contributed by atoms with Gasteiger partial charge in [0.15, 0.2) is 0 Å². The van der Waals surface area contributed by atoms with Crippen LogP contribution in [-0.4, -0.2) is 29.2 Å². The lowest BCUT2D eigenvalue weighted by atomic mass is 10.1. The van der Waals surface area contributed by atoms with Crippen molar-refractivity contribution in [3.63, 3.8) is 0 Å². The molecule has 1 fully saturated rings. The number of nitrogens with zero attached hydrogens (tertiary/aromatic N) is 3. The van der Waals surface area contributed by atoms with Gasteiger partial charge >= 0.3 is 6.01 Å². The fourth-order valence-corrected chi connectivity index (χ4v) is 3.56. The van der Waals surface area contributed by atoms with Gasteiger partial charge in [-0.1, -0.05) is 57.4 Å². The summed E-state index contributed by atoms with van der Waals surface area (Å²) in [6.07, 6.45) is 2.25. The molecule has 27 heavy (non-hydrogen) atoms. The van der Waals surface area contributed by atoms with Crippen LogP contribution < -0.4 is 10.2 Å². The van der Waals surface area contributed by atoms with Crippen molar-refractivity contribution >= 4 is 27.9 Å². The van der Waals surface area contributed by atoms with Gasteiger partial charge in [-0.05, 0) is 36.6 Å². The molecule has 4 rings (SSSR count). The van der Waals surface area contributed by atoms with Crippen molar-refractivity contribution in [3.05, 3.63) is 76.1 Å². The highest BCUT2D eigenvalue weighted by molar-refractivity contribution is 9.10. The Hall–Kier alpha value is -2.67. The summed E-state index contributed by atoms with van der Waals surface area (Å²) in [5, 5.41) is 11.4. The Labute approximate surface area is 165 Å². The highest BCUT2D eigenvalue weighted by atomic mass is 79.9. The molecule has 6 nitrogen and oxygen atoms in total. The molecule has 2 aromatic carbocycles. The van der Waals surface area contributed by atoms with Gasteiger partial charge in [-0.25, -0.2) is 0 Å².